The minimum atomic E-state index is -0.833. The van der Waals surface area contributed by atoms with Gasteiger partial charge in [-0.05, 0) is 0 Å². The van der Waals surface area contributed by atoms with E-state index in [1.807, 2.05) is 0 Å². The molecule has 0 atom stereocenters. The number of carboxylic acids is 1. The molecule has 1 N–H and O–H groups in total. The van der Waals surface area contributed by atoms with Gasteiger partial charge in [-0.3, -0.25) is 4.79 Å². The van der Waals surface area contributed by atoms with E-state index in [0.29, 0.717) is 0 Å². The fourth-order valence-corrected chi connectivity index (χ4v) is 0. The number of carbonyl (C=O) groups is 1. The number of hydrogen-bond donors (Lipinski definition) is 1. The standard InChI is InChI=1S/C2H4O2.CH4.Na/c1-2(3)4;;/h1H3,(H,3,4);1H4;. The van der Waals surface area contributed by atoms with Crippen molar-refractivity contribution in [3.05, 3.63) is 0 Å². The summed E-state index contributed by atoms with van der Waals surface area (Å²) in [6.45, 7) is 1.08. The summed E-state index contributed by atoms with van der Waals surface area (Å²) < 4.78 is 0. The van der Waals surface area contributed by atoms with E-state index in [2.05, 4.69) is 0 Å². The third-order valence-electron chi connectivity index (χ3n) is 0. The van der Waals surface area contributed by atoms with E-state index in [9.17, 15) is 0 Å². The Morgan fingerprint density at radius 2 is 1.67 bits per heavy atom. The minimum absolute atomic E-state index is 0. The molecule has 0 heterocycles. The smallest absolute Gasteiger partial charge is 0.300 e. The first-order valence-corrected chi connectivity index (χ1v) is 0.928. The summed E-state index contributed by atoms with van der Waals surface area (Å²) in [5.74, 6) is -0.833. The first-order valence-electron chi connectivity index (χ1n) is 0.928. The van der Waals surface area contributed by atoms with Gasteiger partial charge in [-0.1, -0.05) is 7.43 Å². The predicted octanol–water partition coefficient (Wildman–Crippen LogP) is 0.346. The second-order valence-electron chi connectivity index (χ2n) is 0.519. The van der Waals surface area contributed by atoms with Crippen molar-refractivity contribution in [2.45, 2.75) is 14.4 Å². The number of rotatable bonds is 0. The van der Waals surface area contributed by atoms with E-state index >= 15 is 0 Å². The van der Waals surface area contributed by atoms with E-state index in [-0.39, 0.29) is 37.0 Å². The van der Waals surface area contributed by atoms with Crippen molar-refractivity contribution in [3.63, 3.8) is 0 Å². The zero-order valence-corrected chi connectivity index (χ0v) is 5.36. The molecular weight excluding hydrogens is 91.0 g/mol. The molecule has 0 aromatic rings. The molecule has 0 bridgehead atoms. The Balaban J connectivity index is -0.0000000450. The van der Waals surface area contributed by atoms with Gasteiger partial charge >= 0.3 is 0 Å². The molecule has 0 aliphatic carbocycles. The Morgan fingerprint density at radius 3 is 1.67 bits per heavy atom. The molecule has 33 valence electrons. The van der Waals surface area contributed by atoms with Crippen LogP contribution >= 0.6 is 0 Å². The summed E-state index contributed by atoms with van der Waals surface area (Å²) in [6.07, 6.45) is 0. The van der Waals surface area contributed by atoms with E-state index in [0.717, 1.165) is 6.92 Å². The van der Waals surface area contributed by atoms with Crippen LogP contribution in [0.15, 0.2) is 0 Å². The Bertz CT molecular complexity index is 31.8. The summed E-state index contributed by atoms with van der Waals surface area (Å²) in [4.78, 5) is 9.00. The van der Waals surface area contributed by atoms with Crippen LogP contribution < -0.4 is 0 Å². The van der Waals surface area contributed by atoms with Crippen LogP contribution in [0.5, 0.6) is 0 Å². The molecule has 0 fully saturated rings. The summed E-state index contributed by atoms with van der Waals surface area (Å²) in [7, 11) is 0. The summed E-state index contributed by atoms with van der Waals surface area (Å²) >= 11 is 0. The maximum Gasteiger partial charge on any atom is 0.300 e. The Hall–Kier alpha value is 0.470. The third kappa shape index (κ3) is 244. The predicted molar refractivity (Wildman–Crippen MR) is 25.8 cm³/mol. The number of hydrogen-bond acceptors (Lipinski definition) is 1. The topological polar surface area (TPSA) is 37.3 Å². The Morgan fingerprint density at radius 1 is 1.67 bits per heavy atom. The average molecular weight is 99.1 g/mol. The molecule has 0 saturated heterocycles. The van der Waals surface area contributed by atoms with Gasteiger partial charge in [-0.15, -0.1) is 0 Å². The second-order valence-corrected chi connectivity index (χ2v) is 0.519. The normalized spacial score (nSPS) is 4.17. The van der Waals surface area contributed by atoms with Crippen LogP contribution in [-0.2, 0) is 4.79 Å². The summed E-state index contributed by atoms with van der Waals surface area (Å²) in [5.41, 5.74) is 0. The average Bonchev–Trinajstić information content (AvgIpc) is 0.811. The van der Waals surface area contributed by atoms with Crippen molar-refractivity contribution in [2.75, 3.05) is 0 Å². The van der Waals surface area contributed by atoms with E-state index in [1.165, 1.54) is 0 Å². The maximum absolute atomic E-state index is 9.00. The zero-order chi connectivity index (χ0) is 3.58. The molecule has 0 saturated carbocycles. The van der Waals surface area contributed by atoms with Gasteiger partial charge in [0.2, 0.25) is 0 Å². The summed E-state index contributed by atoms with van der Waals surface area (Å²) in [6, 6.07) is 0. The SMILES string of the molecule is C.CC(=O)O.[Na]. The van der Waals surface area contributed by atoms with Gasteiger partial charge in [0.15, 0.2) is 0 Å². The molecule has 2 nitrogen and oxygen atoms in total. The molecule has 0 aliphatic rings. The maximum atomic E-state index is 9.00. The van der Waals surface area contributed by atoms with Crippen molar-refractivity contribution >= 4 is 35.5 Å². The van der Waals surface area contributed by atoms with Crippen molar-refractivity contribution < 1.29 is 9.90 Å². The van der Waals surface area contributed by atoms with Crippen LogP contribution in [0.2, 0.25) is 0 Å². The van der Waals surface area contributed by atoms with Gasteiger partial charge < -0.3 is 5.11 Å². The molecule has 0 aliphatic heterocycles. The molecule has 0 spiro atoms. The molecule has 3 heteroatoms. The van der Waals surface area contributed by atoms with Crippen LogP contribution in [0, 0.1) is 0 Å². The van der Waals surface area contributed by atoms with Crippen LogP contribution in [0.4, 0.5) is 0 Å². The molecule has 0 rings (SSSR count). The van der Waals surface area contributed by atoms with Gasteiger partial charge in [0.1, 0.15) is 0 Å². The van der Waals surface area contributed by atoms with Gasteiger partial charge in [-0.25, -0.2) is 0 Å². The van der Waals surface area contributed by atoms with Gasteiger partial charge in [0, 0.05) is 36.5 Å². The molecule has 0 aromatic carbocycles. The largest absolute Gasteiger partial charge is 0.481 e. The number of aliphatic carboxylic acids is 1. The second kappa shape index (κ2) is 9.08. The fourth-order valence-electron chi connectivity index (χ4n) is 0. The van der Waals surface area contributed by atoms with Crippen LogP contribution in [0.1, 0.15) is 14.4 Å². The first-order chi connectivity index (χ1) is 1.73. The van der Waals surface area contributed by atoms with Gasteiger partial charge in [-0.2, -0.15) is 0 Å². The van der Waals surface area contributed by atoms with Crippen molar-refractivity contribution in [1.82, 2.24) is 0 Å². The zero-order valence-electron chi connectivity index (χ0n) is 3.36. The van der Waals surface area contributed by atoms with Crippen molar-refractivity contribution in [3.8, 4) is 0 Å². The Labute approximate surface area is 59.8 Å². The van der Waals surface area contributed by atoms with E-state index in [1.54, 1.807) is 0 Å². The van der Waals surface area contributed by atoms with Crippen molar-refractivity contribution in [2.24, 2.45) is 0 Å². The van der Waals surface area contributed by atoms with E-state index < -0.39 is 5.97 Å². The molecule has 1 radical (unpaired) electrons. The quantitative estimate of drug-likeness (QED) is 0.445. The Kier molecular flexibility index (Phi) is 24.3. The first kappa shape index (κ1) is 16.1. The van der Waals surface area contributed by atoms with Gasteiger partial charge in [0.25, 0.3) is 5.97 Å². The van der Waals surface area contributed by atoms with Crippen molar-refractivity contribution in [1.29, 1.82) is 0 Å². The van der Waals surface area contributed by atoms with Crippen LogP contribution in [-0.4, -0.2) is 40.6 Å². The summed E-state index contributed by atoms with van der Waals surface area (Å²) in [5, 5.41) is 7.42. The molecule has 0 unspecified atom stereocenters. The van der Waals surface area contributed by atoms with Crippen LogP contribution in [0.3, 0.4) is 0 Å². The monoisotopic (exact) mass is 99.0 g/mol. The van der Waals surface area contributed by atoms with E-state index in [4.69, 9.17) is 9.90 Å². The molecule has 0 amide bonds. The van der Waals surface area contributed by atoms with Gasteiger partial charge in [0.05, 0.1) is 0 Å². The molecular formula is C3H8NaO2. The molecule has 0 aromatic heterocycles. The fraction of sp³-hybridized carbons (Fsp3) is 0.667. The minimum Gasteiger partial charge on any atom is -0.481 e. The van der Waals surface area contributed by atoms with Crippen LogP contribution in [0.25, 0.3) is 0 Å². The third-order valence-corrected chi connectivity index (χ3v) is 0. The number of carboxylic acid groups (broad SMARTS) is 1. The molecule has 6 heavy (non-hydrogen) atoms.